The number of methoxy groups -OCH3 is 2. The van der Waals surface area contributed by atoms with Crippen molar-refractivity contribution in [2.45, 2.75) is 26.8 Å². The Morgan fingerprint density at radius 1 is 1.12 bits per heavy atom. The van der Waals surface area contributed by atoms with Gasteiger partial charge in [0.05, 0.1) is 19.9 Å². The van der Waals surface area contributed by atoms with E-state index < -0.39 is 16.8 Å². The lowest BCUT2D eigenvalue weighted by Crippen LogP contribution is -2.39. The normalized spacial score (nSPS) is 12.1. The molecule has 25 heavy (non-hydrogen) atoms. The molecule has 1 aromatic heterocycles. The Hall–Kier alpha value is -2.90. The molecule has 0 bridgehead atoms. The van der Waals surface area contributed by atoms with E-state index in [0.29, 0.717) is 5.69 Å². The predicted octanol–water partition coefficient (Wildman–Crippen LogP) is 1.67. The minimum Gasteiger partial charge on any atom is -0.492 e. The van der Waals surface area contributed by atoms with E-state index in [9.17, 15) is 14.4 Å². The first kappa shape index (κ1) is 18.4. The molecule has 8 nitrogen and oxygen atoms in total. The highest BCUT2D eigenvalue weighted by molar-refractivity contribution is 5.93. The van der Waals surface area contributed by atoms with E-state index >= 15 is 0 Å². The zero-order chi connectivity index (χ0) is 18.7. The fraction of sp³-hybridized carbons (Fsp3) is 0.412. The number of carbonyl (C=O) groups is 1. The summed E-state index contributed by atoms with van der Waals surface area (Å²) in [6, 6.07) is 1.55. The molecule has 1 atom stereocenters. The molecule has 134 valence electrons. The Bertz CT molecular complexity index is 852. The number of nitrogens with one attached hydrogen (secondary N) is 2. The molecule has 0 aliphatic carbocycles. The van der Waals surface area contributed by atoms with Crippen molar-refractivity contribution >= 4 is 23.0 Å². The molecule has 8 heteroatoms. The first-order valence-electron chi connectivity index (χ1n) is 7.79. The molecule has 0 radical (unpaired) electrons. The van der Waals surface area contributed by atoms with Gasteiger partial charge in [-0.05, 0) is 18.9 Å². The van der Waals surface area contributed by atoms with E-state index in [1.807, 2.05) is 20.8 Å². The van der Waals surface area contributed by atoms with Crippen molar-refractivity contribution in [2.24, 2.45) is 5.92 Å². The van der Waals surface area contributed by atoms with Crippen LogP contribution in [0.1, 0.15) is 31.3 Å². The van der Waals surface area contributed by atoms with E-state index in [1.165, 1.54) is 26.5 Å². The summed E-state index contributed by atoms with van der Waals surface area (Å²) in [6.07, 6.45) is 1.38. The summed E-state index contributed by atoms with van der Waals surface area (Å²) in [4.78, 5) is 39.5. The minimum absolute atomic E-state index is 0.00816. The Morgan fingerprint density at radius 3 is 2.32 bits per heavy atom. The fourth-order valence-electron chi connectivity index (χ4n) is 2.17. The first-order chi connectivity index (χ1) is 11.8. The van der Waals surface area contributed by atoms with Crippen LogP contribution in [0.15, 0.2) is 21.9 Å². The Labute approximate surface area is 144 Å². The van der Waals surface area contributed by atoms with E-state index in [2.05, 4.69) is 20.4 Å². The molecule has 2 N–H and O–H groups in total. The third-order valence-corrected chi connectivity index (χ3v) is 4.03. The number of ether oxygens (including phenoxy) is 2. The lowest BCUT2D eigenvalue weighted by molar-refractivity contribution is 0.0590. The maximum atomic E-state index is 11.9. The lowest BCUT2D eigenvalue weighted by Gasteiger charge is -2.22. The van der Waals surface area contributed by atoms with Crippen molar-refractivity contribution in [3.05, 3.63) is 38.4 Å². The first-order valence-corrected chi connectivity index (χ1v) is 7.79. The summed E-state index contributed by atoms with van der Waals surface area (Å²) in [7, 11) is 2.60. The van der Waals surface area contributed by atoms with Gasteiger partial charge in [-0.25, -0.2) is 9.78 Å². The van der Waals surface area contributed by atoms with Gasteiger partial charge >= 0.3 is 5.97 Å². The summed E-state index contributed by atoms with van der Waals surface area (Å²) in [5.41, 5.74) is -0.528. The second-order valence-corrected chi connectivity index (χ2v) is 5.94. The summed E-state index contributed by atoms with van der Waals surface area (Å²) in [5.74, 6) is -0.263. The molecule has 0 aliphatic heterocycles. The monoisotopic (exact) mass is 347 g/mol. The van der Waals surface area contributed by atoms with Gasteiger partial charge in [0.1, 0.15) is 11.4 Å². The van der Waals surface area contributed by atoms with Crippen molar-refractivity contribution < 1.29 is 14.3 Å². The number of hydrogen-bond donors (Lipinski definition) is 2. The molecule has 0 unspecified atom stereocenters. The van der Waals surface area contributed by atoms with Crippen LogP contribution in [0.5, 0.6) is 5.75 Å². The molecule has 0 saturated carbocycles. The van der Waals surface area contributed by atoms with Crippen molar-refractivity contribution in [3.63, 3.8) is 0 Å². The van der Waals surface area contributed by atoms with E-state index in [-0.39, 0.29) is 34.8 Å². The Balaban J connectivity index is 2.39. The third-order valence-electron chi connectivity index (χ3n) is 4.03. The largest absolute Gasteiger partial charge is 0.492 e. The van der Waals surface area contributed by atoms with Gasteiger partial charge in [-0.1, -0.05) is 13.8 Å². The number of pyridine rings is 1. The average molecular weight is 347 g/mol. The molecular formula is C17H21N3O5. The predicted molar refractivity (Wildman–Crippen MR) is 94.7 cm³/mol. The minimum atomic E-state index is -0.669. The van der Waals surface area contributed by atoms with Crippen LogP contribution in [-0.4, -0.2) is 31.2 Å². The quantitative estimate of drug-likeness (QED) is 0.575. The molecule has 0 fully saturated rings. The molecule has 1 heterocycles. The van der Waals surface area contributed by atoms with Crippen molar-refractivity contribution in [1.82, 2.24) is 4.98 Å². The van der Waals surface area contributed by atoms with Gasteiger partial charge in [0, 0.05) is 12.2 Å². The van der Waals surface area contributed by atoms with Gasteiger partial charge in [-0.2, -0.15) is 0 Å². The van der Waals surface area contributed by atoms with Gasteiger partial charge in [0.25, 0.3) is 10.9 Å². The van der Waals surface area contributed by atoms with Crippen LogP contribution in [0, 0.1) is 5.92 Å². The summed E-state index contributed by atoms with van der Waals surface area (Å²) >= 11 is 0. The number of nitrogens with zero attached hydrogens (tertiary/aromatic N) is 1. The van der Waals surface area contributed by atoms with Crippen LogP contribution >= 0.6 is 0 Å². The number of aromatic nitrogens is 1. The zero-order valence-corrected chi connectivity index (χ0v) is 14.8. The number of esters is 1. The second kappa shape index (κ2) is 7.33. The van der Waals surface area contributed by atoms with Crippen LogP contribution in [0.3, 0.4) is 0 Å². The SMILES string of the molecule is COC(=O)c1nccc(Nc2c(N[C@@H](C)C(C)C)c(=O)c2=O)c1OC. The van der Waals surface area contributed by atoms with Crippen LogP contribution in [0.4, 0.5) is 17.1 Å². The standard InChI is InChI=1S/C17H21N3O5/c1-8(2)9(3)19-11-12(15(22)14(11)21)20-10-6-7-18-13(16(10)24-4)17(23)25-5/h6-9,19H,1-5H3,(H,18,20)/t9-/m0/s1. The van der Waals surface area contributed by atoms with Gasteiger partial charge in [0.2, 0.25) is 0 Å². The highest BCUT2D eigenvalue weighted by atomic mass is 16.5. The van der Waals surface area contributed by atoms with E-state index in [4.69, 9.17) is 4.74 Å². The molecular weight excluding hydrogens is 326 g/mol. The van der Waals surface area contributed by atoms with Crippen LogP contribution < -0.4 is 26.2 Å². The third kappa shape index (κ3) is 3.47. The Kier molecular flexibility index (Phi) is 5.41. The van der Waals surface area contributed by atoms with Gasteiger partial charge in [0.15, 0.2) is 11.4 Å². The van der Waals surface area contributed by atoms with Gasteiger partial charge in [-0.3, -0.25) is 9.59 Å². The summed E-state index contributed by atoms with van der Waals surface area (Å²) in [6.45, 7) is 5.93. The maximum Gasteiger partial charge on any atom is 0.360 e. The zero-order valence-electron chi connectivity index (χ0n) is 14.8. The lowest BCUT2D eigenvalue weighted by atomic mass is 10.0. The van der Waals surface area contributed by atoms with Gasteiger partial charge in [-0.15, -0.1) is 0 Å². The van der Waals surface area contributed by atoms with Crippen molar-refractivity contribution in [2.75, 3.05) is 24.9 Å². The summed E-state index contributed by atoms with van der Waals surface area (Å²) < 4.78 is 9.88. The van der Waals surface area contributed by atoms with Gasteiger partial charge < -0.3 is 20.1 Å². The molecule has 2 rings (SSSR count). The molecule has 0 aliphatic rings. The molecule has 1 aromatic carbocycles. The summed E-state index contributed by atoms with van der Waals surface area (Å²) in [5, 5.41) is 5.92. The smallest absolute Gasteiger partial charge is 0.360 e. The van der Waals surface area contributed by atoms with Crippen LogP contribution in [0.2, 0.25) is 0 Å². The molecule has 0 amide bonds. The van der Waals surface area contributed by atoms with E-state index in [1.54, 1.807) is 0 Å². The Morgan fingerprint density at radius 2 is 1.76 bits per heavy atom. The van der Waals surface area contributed by atoms with Crippen molar-refractivity contribution in [1.29, 1.82) is 0 Å². The second-order valence-electron chi connectivity index (χ2n) is 5.94. The van der Waals surface area contributed by atoms with Crippen LogP contribution in [-0.2, 0) is 4.74 Å². The topological polar surface area (TPSA) is 107 Å². The highest BCUT2D eigenvalue weighted by Gasteiger charge is 2.25. The average Bonchev–Trinajstić information content (AvgIpc) is 2.62. The van der Waals surface area contributed by atoms with Crippen molar-refractivity contribution in [3.8, 4) is 5.75 Å². The molecule has 2 aromatic rings. The highest BCUT2D eigenvalue weighted by Crippen LogP contribution is 2.31. The maximum absolute atomic E-state index is 11.9. The fourth-order valence-corrected chi connectivity index (χ4v) is 2.17. The molecule has 0 saturated heterocycles. The van der Waals surface area contributed by atoms with E-state index in [0.717, 1.165) is 0 Å². The number of rotatable bonds is 7. The molecule has 0 spiro atoms. The number of anilines is 3. The number of carbonyl (C=O) groups excluding carboxylic acids is 1. The van der Waals surface area contributed by atoms with Crippen LogP contribution in [0.25, 0.3) is 0 Å². The number of hydrogen-bond acceptors (Lipinski definition) is 8.